The maximum atomic E-state index is 12.4. The SMILES string of the molecule is COC(=O)c1ccc(CCCN2C(=O)CC[C@@H]2/C=C/[C@@H](O)[C@H](C)CCCc2ccccc2)s1. The number of rotatable bonds is 12. The van der Waals surface area contributed by atoms with Crippen molar-refractivity contribution in [2.45, 2.75) is 64.0 Å². The van der Waals surface area contributed by atoms with Crippen LogP contribution in [0, 0.1) is 5.92 Å². The van der Waals surface area contributed by atoms with E-state index >= 15 is 0 Å². The first kappa shape index (κ1) is 25.2. The molecule has 0 radical (unpaired) electrons. The van der Waals surface area contributed by atoms with Crippen molar-refractivity contribution in [1.29, 1.82) is 0 Å². The number of amides is 1. The van der Waals surface area contributed by atoms with Gasteiger partial charge in [0.15, 0.2) is 0 Å². The minimum atomic E-state index is -0.499. The van der Waals surface area contributed by atoms with Crippen molar-refractivity contribution < 1.29 is 19.4 Å². The maximum Gasteiger partial charge on any atom is 0.348 e. The smallest absolute Gasteiger partial charge is 0.348 e. The Morgan fingerprint density at radius 3 is 2.76 bits per heavy atom. The lowest BCUT2D eigenvalue weighted by Gasteiger charge is -2.23. The van der Waals surface area contributed by atoms with Gasteiger partial charge in [0.25, 0.3) is 0 Å². The topological polar surface area (TPSA) is 66.8 Å². The molecular formula is C27H35NO4S. The molecule has 0 aliphatic carbocycles. The molecule has 0 saturated carbocycles. The summed E-state index contributed by atoms with van der Waals surface area (Å²) in [5.41, 5.74) is 1.33. The molecule has 0 unspecified atom stereocenters. The number of carbonyl (C=O) groups excluding carboxylic acids is 2. The van der Waals surface area contributed by atoms with Crippen LogP contribution in [0.1, 0.15) is 59.1 Å². The van der Waals surface area contributed by atoms with Gasteiger partial charge in [0.2, 0.25) is 5.91 Å². The van der Waals surface area contributed by atoms with Crippen LogP contribution in [0.2, 0.25) is 0 Å². The number of methoxy groups -OCH3 is 1. The monoisotopic (exact) mass is 469 g/mol. The van der Waals surface area contributed by atoms with Crippen LogP contribution in [0.5, 0.6) is 0 Å². The van der Waals surface area contributed by atoms with Gasteiger partial charge in [-0.3, -0.25) is 4.79 Å². The zero-order chi connectivity index (χ0) is 23.6. The van der Waals surface area contributed by atoms with Gasteiger partial charge in [0, 0.05) is 17.8 Å². The molecule has 1 amide bonds. The minimum Gasteiger partial charge on any atom is -0.465 e. The highest BCUT2D eigenvalue weighted by Crippen LogP contribution is 2.23. The highest BCUT2D eigenvalue weighted by molar-refractivity contribution is 7.13. The van der Waals surface area contributed by atoms with Crippen molar-refractivity contribution >= 4 is 23.2 Å². The molecule has 6 heteroatoms. The number of carbonyl (C=O) groups is 2. The Bertz CT molecular complexity index is 923. The molecule has 2 aromatic rings. The zero-order valence-corrected chi connectivity index (χ0v) is 20.4. The summed E-state index contributed by atoms with van der Waals surface area (Å²) in [5.74, 6) is 0.0499. The number of aliphatic hydroxyl groups is 1. The van der Waals surface area contributed by atoms with Crippen LogP contribution >= 0.6 is 11.3 Å². The van der Waals surface area contributed by atoms with Crippen LogP contribution < -0.4 is 0 Å². The van der Waals surface area contributed by atoms with E-state index in [1.54, 1.807) is 6.07 Å². The van der Waals surface area contributed by atoms with E-state index in [9.17, 15) is 14.7 Å². The number of esters is 1. The molecule has 3 atom stereocenters. The van der Waals surface area contributed by atoms with Gasteiger partial charge in [-0.1, -0.05) is 49.4 Å². The van der Waals surface area contributed by atoms with E-state index in [0.29, 0.717) is 17.8 Å². The zero-order valence-electron chi connectivity index (χ0n) is 19.6. The van der Waals surface area contributed by atoms with E-state index in [1.807, 2.05) is 29.2 Å². The summed E-state index contributed by atoms with van der Waals surface area (Å²) < 4.78 is 4.76. The van der Waals surface area contributed by atoms with Gasteiger partial charge in [-0.15, -0.1) is 11.3 Å². The minimum absolute atomic E-state index is 0.0534. The predicted molar refractivity (Wildman–Crippen MR) is 132 cm³/mol. The first-order chi connectivity index (χ1) is 16.0. The Morgan fingerprint density at radius 2 is 2.00 bits per heavy atom. The lowest BCUT2D eigenvalue weighted by molar-refractivity contribution is -0.128. The van der Waals surface area contributed by atoms with Crippen LogP contribution in [-0.2, 0) is 22.4 Å². The van der Waals surface area contributed by atoms with Crippen molar-refractivity contribution in [3.05, 3.63) is 69.9 Å². The number of likely N-dealkylation sites (tertiary alicyclic amines) is 1. The van der Waals surface area contributed by atoms with Crippen LogP contribution in [0.15, 0.2) is 54.6 Å². The molecule has 1 aromatic carbocycles. The molecule has 1 N–H and O–H groups in total. The summed E-state index contributed by atoms with van der Waals surface area (Å²) in [5, 5.41) is 10.6. The molecule has 3 rings (SSSR count). The van der Waals surface area contributed by atoms with Crippen molar-refractivity contribution in [2.24, 2.45) is 5.92 Å². The quantitative estimate of drug-likeness (QED) is 0.350. The fourth-order valence-electron chi connectivity index (χ4n) is 4.27. The summed E-state index contributed by atoms with van der Waals surface area (Å²) in [6.07, 6.45) is 9.46. The van der Waals surface area contributed by atoms with Gasteiger partial charge in [-0.05, 0) is 62.1 Å². The number of ether oxygens (including phenoxy) is 1. The molecule has 1 saturated heterocycles. The average Bonchev–Trinajstić information content (AvgIpc) is 3.44. The molecule has 0 bridgehead atoms. The largest absolute Gasteiger partial charge is 0.465 e. The van der Waals surface area contributed by atoms with Crippen molar-refractivity contribution in [3.63, 3.8) is 0 Å². The average molecular weight is 470 g/mol. The highest BCUT2D eigenvalue weighted by Gasteiger charge is 2.28. The number of hydrogen-bond acceptors (Lipinski definition) is 5. The second-order valence-corrected chi connectivity index (χ2v) is 9.95. The molecule has 178 valence electrons. The first-order valence-electron chi connectivity index (χ1n) is 11.8. The Morgan fingerprint density at radius 1 is 1.21 bits per heavy atom. The fraction of sp³-hybridized carbons (Fsp3) is 0.481. The van der Waals surface area contributed by atoms with E-state index in [2.05, 4.69) is 31.2 Å². The van der Waals surface area contributed by atoms with Crippen LogP contribution in [-0.4, -0.2) is 47.7 Å². The molecule has 1 aromatic heterocycles. The van der Waals surface area contributed by atoms with Gasteiger partial charge in [-0.25, -0.2) is 4.79 Å². The van der Waals surface area contributed by atoms with E-state index < -0.39 is 6.10 Å². The van der Waals surface area contributed by atoms with Crippen LogP contribution in [0.4, 0.5) is 0 Å². The number of hydrogen-bond donors (Lipinski definition) is 1. The normalized spacial score (nSPS) is 18.1. The van der Waals surface area contributed by atoms with Crippen molar-refractivity contribution in [1.82, 2.24) is 4.90 Å². The Balaban J connectivity index is 1.43. The second-order valence-electron chi connectivity index (χ2n) is 8.78. The van der Waals surface area contributed by atoms with Gasteiger partial charge in [-0.2, -0.15) is 0 Å². The summed E-state index contributed by atoms with van der Waals surface area (Å²) in [6.45, 7) is 2.77. The van der Waals surface area contributed by atoms with Gasteiger partial charge >= 0.3 is 5.97 Å². The third-order valence-electron chi connectivity index (χ3n) is 6.33. The van der Waals surface area contributed by atoms with Crippen molar-refractivity contribution in [2.75, 3.05) is 13.7 Å². The standard InChI is InChI=1S/C27H35NO4S/c1-20(8-6-11-21-9-4-3-5-10-21)24(29)16-13-22-14-18-26(30)28(22)19-7-12-23-15-17-25(33-23)27(31)32-2/h3-5,9-10,13,15-17,20,22,24,29H,6-8,11-12,14,18-19H2,1-2H3/b16-13+/t20-,22+,24-/m1/s1. The third-order valence-corrected chi connectivity index (χ3v) is 7.45. The van der Waals surface area contributed by atoms with E-state index in [1.165, 1.54) is 24.0 Å². The lowest BCUT2D eigenvalue weighted by atomic mass is 9.95. The first-order valence-corrected chi connectivity index (χ1v) is 12.7. The van der Waals surface area contributed by atoms with Gasteiger partial charge in [0.05, 0.1) is 19.3 Å². The molecule has 1 fully saturated rings. The van der Waals surface area contributed by atoms with E-state index in [4.69, 9.17) is 4.74 Å². The highest BCUT2D eigenvalue weighted by atomic mass is 32.1. The van der Waals surface area contributed by atoms with Crippen molar-refractivity contribution in [3.8, 4) is 0 Å². The predicted octanol–water partition coefficient (Wildman–Crippen LogP) is 5.03. The number of benzene rings is 1. The fourth-order valence-corrected chi connectivity index (χ4v) is 5.24. The number of aliphatic hydroxyl groups excluding tert-OH is 1. The Labute approximate surface area is 201 Å². The van der Waals surface area contributed by atoms with Gasteiger partial charge in [0.1, 0.15) is 4.88 Å². The number of aryl methyl sites for hydroxylation is 2. The molecule has 1 aliphatic heterocycles. The number of nitrogens with zero attached hydrogens (tertiary/aromatic N) is 1. The molecule has 2 heterocycles. The maximum absolute atomic E-state index is 12.4. The van der Waals surface area contributed by atoms with Gasteiger partial charge < -0.3 is 14.7 Å². The summed E-state index contributed by atoms with van der Waals surface area (Å²) in [7, 11) is 1.39. The van der Waals surface area contributed by atoms with E-state index in [-0.39, 0.29) is 23.8 Å². The number of thiophene rings is 1. The second kappa shape index (κ2) is 12.7. The summed E-state index contributed by atoms with van der Waals surface area (Å²) >= 11 is 1.45. The summed E-state index contributed by atoms with van der Waals surface area (Å²) in [4.78, 5) is 27.6. The molecule has 33 heavy (non-hydrogen) atoms. The Kier molecular flexibility index (Phi) is 9.70. The Hall–Kier alpha value is -2.44. The molecular weight excluding hydrogens is 434 g/mol. The molecule has 5 nitrogen and oxygen atoms in total. The molecule has 1 aliphatic rings. The lowest BCUT2D eigenvalue weighted by Crippen LogP contribution is -2.33. The van der Waals surface area contributed by atoms with E-state index in [0.717, 1.165) is 43.4 Å². The van der Waals surface area contributed by atoms with Crippen LogP contribution in [0.25, 0.3) is 0 Å². The van der Waals surface area contributed by atoms with Crippen LogP contribution in [0.3, 0.4) is 0 Å². The summed E-state index contributed by atoms with van der Waals surface area (Å²) in [6, 6.07) is 14.2. The third kappa shape index (κ3) is 7.54. The molecule has 0 spiro atoms.